The summed E-state index contributed by atoms with van der Waals surface area (Å²) in [5, 5.41) is 2.35. The summed E-state index contributed by atoms with van der Waals surface area (Å²) in [5.41, 5.74) is 4.43. The highest BCUT2D eigenvalue weighted by molar-refractivity contribution is 9.10. The molecule has 1 aromatic rings. The van der Waals surface area contributed by atoms with Crippen molar-refractivity contribution in [3.63, 3.8) is 0 Å². The molecule has 0 saturated heterocycles. The molecule has 3 N–H and O–H groups in total. The van der Waals surface area contributed by atoms with Gasteiger partial charge in [0.05, 0.1) is 5.56 Å². The minimum atomic E-state index is -4.45. The van der Waals surface area contributed by atoms with Crippen LogP contribution in [-0.2, 0) is 11.0 Å². The number of rotatable bonds is 3. The van der Waals surface area contributed by atoms with Crippen LogP contribution in [0.2, 0.25) is 0 Å². The number of alkyl halides is 3. The average molecular weight is 311 g/mol. The van der Waals surface area contributed by atoms with Crippen LogP contribution in [0.25, 0.3) is 0 Å². The number of nitrogens with two attached hydrogens (primary N) is 1. The monoisotopic (exact) mass is 310 g/mol. The lowest BCUT2D eigenvalue weighted by Gasteiger charge is -2.10. The van der Waals surface area contributed by atoms with Crippen molar-refractivity contribution in [2.24, 2.45) is 5.73 Å². The largest absolute Gasteiger partial charge is 0.416 e. The van der Waals surface area contributed by atoms with Gasteiger partial charge in [-0.05, 0) is 18.2 Å². The van der Waals surface area contributed by atoms with E-state index in [4.69, 9.17) is 5.73 Å². The van der Waals surface area contributed by atoms with Gasteiger partial charge >= 0.3 is 6.18 Å². The summed E-state index contributed by atoms with van der Waals surface area (Å²) in [4.78, 5) is 11.2. The van der Waals surface area contributed by atoms with Crippen LogP contribution in [0.3, 0.4) is 0 Å². The molecule has 3 nitrogen and oxygen atoms in total. The highest BCUT2D eigenvalue weighted by Crippen LogP contribution is 2.33. The number of carbonyl (C=O) groups excluding carboxylic acids is 1. The van der Waals surface area contributed by atoms with Gasteiger partial charge in [0, 0.05) is 23.1 Å². The maximum absolute atomic E-state index is 12.5. The van der Waals surface area contributed by atoms with E-state index in [-0.39, 0.29) is 23.1 Å². The molecule has 7 heteroatoms. The average Bonchev–Trinajstić information content (AvgIpc) is 2.15. The van der Waals surface area contributed by atoms with E-state index in [1.54, 1.807) is 0 Å². The SMILES string of the molecule is NCCC(=O)Nc1cc(Br)cc(C(F)(F)F)c1. The molecule has 94 valence electrons. The Balaban J connectivity index is 2.94. The van der Waals surface area contributed by atoms with E-state index in [1.807, 2.05) is 0 Å². The number of hydrogen-bond donors (Lipinski definition) is 2. The van der Waals surface area contributed by atoms with Gasteiger partial charge < -0.3 is 11.1 Å². The maximum Gasteiger partial charge on any atom is 0.416 e. The lowest BCUT2D eigenvalue weighted by Crippen LogP contribution is -2.16. The number of amides is 1. The van der Waals surface area contributed by atoms with Gasteiger partial charge in [-0.2, -0.15) is 13.2 Å². The van der Waals surface area contributed by atoms with Crippen LogP contribution in [0.1, 0.15) is 12.0 Å². The highest BCUT2D eigenvalue weighted by Gasteiger charge is 2.31. The molecule has 1 amide bonds. The minimum Gasteiger partial charge on any atom is -0.330 e. The number of anilines is 1. The second-order valence-corrected chi connectivity index (χ2v) is 4.23. The fourth-order valence-corrected chi connectivity index (χ4v) is 1.67. The molecular formula is C10H10BrF3N2O. The van der Waals surface area contributed by atoms with Crippen LogP contribution in [-0.4, -0.2) is 12.5 Å². The zero-order valence-electron chi connectivity index (χ0n) is 8.64. The molecule has 0 bridgehead atoms. The standard InChI is InChI=1S/C10H10BrF3N2O/c11-7-3-6(10(12,13)14)4-8(5-7)16-9(17)1-2-15/h3-5H,1-2,15H2,(H,16,17). The quantitative estimate of drug-likeness (QED) is 0.902. The summed E-state index contributed by atoms with van der Waals surface area (Å²) in [5.74, 6) is -0.418. The summed E-state index contributed by atoms with van der Waals surface area (Å²) in [6.45, 7) is 0.145. The molecule has 1 rings (SSSR count). The van der Waals surface area contributed by atoms with Crippen LogP contribution < -0.4 is 11.1 Å². The first-order chi connectivity index (χ1) is 7.82. The fraction of sp³-hybridized carbons (Fsp3) is 0.300. The highest BCUT2D eigenvalue weighted by atomic mass is 79.9. The third-order valence-electron chi connectivity index (χ3n) is 1.88. The predicted molar refractivity (Wildman–Crippen MR) is 61.4 cm³/mol. The third-order valence-corrected chi connectivity index (χ3v) is 2.34. The Morgan fingerprint density at radius 3 is 2.53 bits per heavy atom. The molecule has 0 aliphatic rings. The summed E-state index contributed by atoms with van der Waals surface area (Å²) in [6, 6.07) is 3.21. The van der Waals surface area contributed by atoms with Gasteiger partial charge in [-0.15, -0.1) is 0 Å². The molecule has 0 aliphatic carbocycles. The van der Waals surface area contributed by atoms with Gasteiger partial charge in [-0.25, -0.2) is 0 Å². The van der Waals surface area contributed by atoms with Gasteiger partial charge in [0.1, 0.15) is 0 Å². The Morgan fingerprint density at radius 1 is 1.35 bits per heavy atom. The van der Waals surface area contributed by atoms with Crippen LogP contribution in [0.4, 0.5) is 18.9 Å². The number of benzene rings is 1. The lowest BCUT2D eigenvalue weighted by molar-refractivity contribution is -0.137. The van der Waals surface area contributed by atoms with Crippen LogP contribution in [0.15, 0.2) is 22.7 Å². The molecule has 0 spiro atoms. The minimum absolute atomic E-state index is 0.0634. The van der Waals surface area contributed by atoms with Crippen molar-refractivity contribution < 1.29 is 18.0 Å². The molecular weight excluding hydrogens is 301 g/mol. The van der Waals surface area contributed by atoms with Crippen LogP contribution in [0.5, 0.6) is 0 Å². The molecule has 0 atom stereocenters. The van der Waals surface area contributed by atoms with E-state index in [2.05, 4.69) is 21.2 Å². The van der Waals surface area contributed by atoms with E-state index in [0.717, 1.165) is 12.1 Å². The van der Waals surface area contributed by atoms with Gasteiger partial charge in [0.15, 0.2) is 0 Å². The predicted octanol–water partition coefficient (Wildman–Crippen LogP) is 2.76. The number of nitrogens with one attached hydrogen (secondary N) is 1. The molecule has 0 heterocycles. The lowest BCUT2D eigenvalue weighted by atomic mass is 10.2. The van der Waals surface area contributed by atoms with Crippen molar-refractivity contribution in [1.29, 1.82) is 0 Å². The van der Waals surface area contributed by atoms with Crippen molar-refractivity contribution in [1.82, 2.24) is 0 Å². The Bertz CT molecular complexity index is 421. The smallest absolute Gasteiger partial charge is 0.330 e. The molecule has 0 unspecified atom stereocenters. The first-order valence-electron chi connectivity index (χ1n) is 4.70. The van der Waals surface area contributed by atoms with Gasteiger partial charge in [-0.1, -0.05) is 15.9 Å². The van der Waals surface area contributed by atoms with E-state index < -0.39 is 17.6 Å². The van der Waals surface area contributed by atoms with Gasteiger partial charge in [0.2, 0.25) is 5.91 Å². The van der Waals surface area contributed by atoms with E-state index in [0.29, 0.717) is 0 Å². The van der Waals surface area contributed by atoms with Crippen molar-refractivity contribution in [2.75, 3.05) is 11.9 Å². The summed E-state index contributed by atoms with van der Waals surface area (Å²) in [7, 11) is 0. The Kier molecular flexibility index (Phi) is 4.53. The zero-order valence-corrected chi connectivity index (χ0v) is 10.2. The van der Waals surface area contributed by atoms with Crippen molar-refractivity contribution >= 4 is 27.5 Å². The molecule has 0 radical (unpaired) electrons. The summed E-state index contributed by atoms with van der Waals surface area (Å²) >= 11 is 2.96. The zero-order chi connectivity index (χ0) is 13.1. The van der Waals surface area contributed by atoms with E-state index in [1.165, 1.54) is 6.07 Å². The van der Waals surface area contributed by atoms with Crippen molar-refractivity contribution in [2.45, 2.75) is 12.6 Å². The van der Waals surface area contributed by atoms with Gasteiger partial charge in [-0.3, -0.25) is 4.79 Å². The Morgan fingerprint density at radius 2 is 2.00 bits per heavy atom. The topological polar surface area (TPSA) is 55.1 Å². The second-order valence-electron chi connectivity index (χ2n) is 3.31. The van der Waals surface area contributed by atoms with Crippen molar-refractivity contribution in [3.05, 3.63) is 28.2 Å². The Labute approximate surface area is 104 Å². The first-order valence-corrected chi connectivity index (χ1v) is 5.50. The molecule has 0 aromatic heterocycles. The number of hydrogen-bond acceptors (Lipinski definition) is 2. The normalized spacial score (nSPS) is 11.4. The Hall–Kier alpha value is -1.08. The van der Waals surface area contributed by atoms with E-state index >= 15 is 0 Å². The number of carbonyl (C=O) groups is 1. The van der Waals surface area contributed by atoms with Crippen molar-refractivity contribution in [3.8, 4) is 0 Å². The maximum atomic E-state index is 12.5. The second kappa shape index (κ2) is 5.50. The fourth-order valence-electron chi connectivity index (χ4n) is 1.18. The molecule has 0 aliphatic heterocycles. The molecule has 0 fully saturated rings. The first kappa shape index (κ1) is 14.0. The third kappa shape index (κ3) is 4.35. The molecule has 1 aromatic carbocycles. The van der Waals surface area contributed by atoms with Crippen LogP contribution >= 0.6 is 15.9 Å². The number of halogens is 4. The summed E-state index contributed by atoms with van der Waals surface area (Å²) in [6.07, 6.45) is -4.38. The van der Waals surface area contributed by atoms with Crippen LogP contribution in [0, 0.1) is 0 Å². The van der Waals surface area contributed by atoms with Gasteiger partial charge in [0.25, 0.3) is 0 Å². The van der Waals surface area contributed by atoms with E-state index in [9.17, 15) is 18.0 Å². The molecule has 17 heavy (non-hydrogen) atoms. The summed E-state index contributed by atoms with van der Waals surface area (Å²) < 4.78 is 37.7. The molecule has 0 saturated carbocycles.